The largest absolute Gasteiger partial charge is 0.294 e. The van der Waals surface area contributed by atoms with E-state index in [2.05, 4.69) is 4.98 Å². The minimum Gasteiger partial charge on any atom is -0.282 e. The minimum atomic E-state index is -4.48. The number of anilines is 2. The Morgan fingerprint density at radius 2 is 1.82 bits per heavy atom. The minimum absolute atomic E-state index is 0.236. The quantitative estimate of drug-likeness (QED) is 0.180. The van der Waals surface area contributed by atoms with Crippen molar-refractivity contribution in [3.8, 4) is 0 Å². The van der Waals surface area contributed by atoms with Crippen LogP contribution in [0.4, 0.5) is 10.8 Å². The van der Waals surface area contributed by atoms with E-state index < -0.39 is 21.2 Å². The summed E-state index contributed by atoms with van der Waals surface area (Å²) in [7, 11) is -4.48. The highest BCUT2D eigenvalue weighted by Crippen LogP contribution is 2.51. The zero-order chi connectivity index (χ0) is 26.7. The lowest BCUT2D eigenvalue weighted by Crippen LogP contribution is -2.78. The number of carbonyl (C=O) groups is 1. The number of rotatable bonds is 5. The van der Waals surface area contributed by atoms with Crippen LogP contribution in [0, 0.1) is 0 Å². The number of fused-ring (bicyclic) bond motifs is 1. The predicted octanol–water partition coefficient (Wildman–Crippen LogP) is 5.83. The van der Waals surface area contributed by atoms with Crippen LogP contribution >= 0.6 is 34.5 Å². The Hall–Kier alpha value is -3.28. The van der Waals surface area contributed by atoms with Crippen LogP contribution in [-0.4, -0.2) is 40.6 Å². The average molecular weight is 585 g/mol. The fourth-order valence-corrected chi connectivity index (χ4v) is 6.80. The van der Waals surface area contributed by atoms with E-state index in [0.29, 0.717) is 21.6 Å². The molecule has 0 radical (unpaired) electrons. The standard InChI is InChI=1S/C26H18Cl2N4O4S2/c27-20-9-2-1-6-16(20)12-13-17-15-26(32(30-17)18-7-5-8-19(14-18)38(34,35)36)23(28)24(33)31(26)25-29-21-10-3-4-11-22(21)37-25/h1-14,23H,15H2,(H,34,35,36)/b13-12+. The predicted molar refractivity (Wildman–Crippen MR) is 151 cm³/mol. The molecule has 2 atom stereocenters. The van der Waals surface area contributed by atoms with Crippen molar-refractivity contribution in [1.82, 2.24) is 4.98 Å². The number of β-lactam (4-membered cyclic amide) rings is 1. The van der Waals surface area contributed by atoms with Crippen molar-refractivity contribution in [2.24, 2.45) is 5.10 Å². The van der Waals surface area contributed by atoms with Crippen LogP contribution in [0.1, 0.15) is 12.0 Å². The van der Waals surface area contributed by atoms with Crippen molar-refractivity contribution < 1.29 is 17.8 Å². The Kier molecular flexibility index (Phi) is 6.04. The molecule has 1 amide bonds. The van der Waals surface area contributed by atoms with Crippen molar-refractivity contribution in [2.45, 2.75) is 22.4 Å². The summed E-state index contributed by atoms with van der Waals surface area (Å²) in [4.78, 5) is 19.1. The molecular formula is C26H18Cl2N4O4S2. The topological polar surface area (TPSA) is 103 Å². The summed E-state index contributed by atoms with van der Waals surface area (Å²) in [6.45, 7) is 0. The summed E-state index contributed by atoms with van der Waals surface area (Å²) in [5, 5.41) is 6.32. The second-order valence-corrected chi connectivity index (χ2v) is 12.1. The zero-order valence-electron chi connectivity index (χ0n) is 19.4. The third kappa shape index (κ3) is 4.00. The van der Waals surface area contributed by atoms with Crippen molar-refractivity contribution in [3.63, 3.8) is 0 Å². The normalized spacial score (nSPS) is 21.5. The van der Waals surface area contributed by atoms with Gasteiger partial charge in [0.2, 0.25) is 0 Å². The molecule has 4 aromatic rings. The number of alkyl halides is 1. The first-order valence-electron chi connectivity index (χ1n) is 11.4. The summed E-state index contributed by atoms with van der Waals surface area (Å²) >= 11 is 14.4. The van der Waals surface area contributed by atoms with E-state index in [1.165, 1.54) is 34.4 Å². The van der Waals surface area contributed by atoms with Gasteiger partial charge in [0.05, 0.1) is 26.5 Å². The fourth-order valence-electron chi connectivity index (χ4n) is 4.67. The van der Waals surface area contributed by atoms with E-state index in [1.807, 2.05) is 48.5 Å². The number of allylic oxidation sites excluding steroid dienone is 1. The number of amides is 1. The van der Waals surface area contributed by atoms with E-state index in [4.69, 9.17) is 28.3 Å². The highest BCUT2D eigenvalue weighted by atomic mass is 35.5. The van der Waals surface area contributed by atoms with Crippen LogP contribution in [0.5, 0.6) is 0 Å². The van der Waals surface area contributed by atoms with E-state index in [1.54, 1.807) is 23.2 Å². The van der Waals surface area contributed by atoms with E-state index in [9.17, 15) is 17.8 Å². The summed E-state index contributed by atoms with van der Waals surface area (Å²) in [5.41, 5.74) is 1.26. The molecule has 12 heteroatoms. The number of thiazole rings is 1. The molecule has 1 saturated heterocycles. The average Bonchev–Trinajstić information content (AvgIpc) is 3.51. The molecule has 2 aliphatic heterocycles. The van der Waals surface area contributed by atoms with Crippen molar-refractivity contribution in [2.75, 3.05) is 9.91 Å². The first-order valence-corrected chi connectivity index (χ1v) is 14.5. The molecule has 0 saturated carbocycles. The molecule has 192 valence electrons. The number of benzene rings is 3. The lowest BCUT2D eigenvalue weighted by atomic mass is 9.87. The number of aromatic nitrogens is 1. The molecule has 6 rings (SSSR count). The molecule has 2 aliphatic rings. The highest BCUT2D eigenvalue weighted by Gasteiger charge is 2.67. The lowest BCUT2D eigenvalue weighted by molar-refractivity contribution is -0.126. The molecule has 1 N–H and O–H groups in total. The van der Waals surface area contributed by atoms with Gasteiger partial charge in [0.25, 0.3) is 16.0 Å². The summed E-state index contributed by atoms with van der Waals surface area (Å²) < 4.78 is 34.3. The summed E-state index contributed by atoms with van der Waals surface area (Å²) in [5.74, 6) is -0.340. The first kappa shape index (κ1) is 25.0. The van der Waals surface area contributed by atoms with Gasteiger partial charge >= 0.3 is 0 Å². The monoisotopic (exact) mass is 584 g/mol. The SMILES string of the molecule is O=C1C(Cl)C2(CC(/C=C/c3ccccc3Cl)=NN2c2cccc(S(=O)(=O)O)c2)N1c1nc2ccccc2s1. The molecule has 8 nitrogen and oxygen atoms in total. The lowest BCUT2D eigenvalue weighted by Gasteiger charge is -2.55. The molecule has 1 spiro atoms. The molecular weight excluding hydrogens is 567 g/mol. The number of hydrogen-bond acceptors (Lipinski definition) is 7. The molecule has 1 fully saturated rings. The second kappa shape index (κ2) is 9.18. The summed E-state index contributed by atoms with van der Waals surface area (Å²) in [6, 6.07) is 20.6. The number of hydrogen-bond donors (Lipinski definition) is 1. The molecule has 1 aromatic heterocycles. The molecule has 0 aliphatic carbocycles. The van der Waals surface area contributed by atoms with Crippen molar-refractivity contribution >= 4 is 83.4 Å². The molecule has 2 unspecified atom stereocenters. The Morgan fingerprint density at radius 3 is 2.58 bits per heavy atom. The maximum absolute atomic E-state index is 13.2. The van der Waals surface area contributed by atoms with Crippen LogP contribution in [0.2, 0.25) is 5.02 Å². The Bertz CT molecular complexity index is 1740. The molecule has 3 heterocycles. The van der Waals surface area contributed by atoms with Gasteiger partial charge in [-0.15, -0.1) is 11.6 Å². The van der Waals surface area contributed by atoms with Gasteiger partial charge in [-0.2, -0.15) is 13.5 Å². The Balaban J connectivity index is 1.48. The smallest absolute Gasteiger partial charge is 0.282 e. The second-order valence-electron chi connectivity index (χ2n) is 8.79. The number of hydrazone groups is 1. The number of nitrogens with zero attached hydrogens (tertiary/aromatic N) is 4. The van der Waals surface area contributed by atoms with E-state index in [0.717, 1.165) is 15.8 Å². The maximum Gasteiger partial charge on any atom is 0.294 e. The van der Waals surface area contributed by atoms with Crippen LogP contribution in [-0.2, 0) is 14.9 Å². The van der Waals surface area contributed by atoms with Gasteiger partial charge in [-0.05, 0) is 48.0 Å². The van der Waals surface area contributed by atoms with Gasteiger partial charge in [-0.1, -0.05) is 65.4 Å². The third-order valence-corrected chi connectivity index (χ3v) is 9.21. The van der Waals surface area contributed by atoms with E-state index >= 15 is 0 Å². The molecule has 3 aromatic carbocycles. The first-order chi connectivity index (χ1) is 18.2. The van der Waals surface area contributed by atoms with Gasteiger partial charge in [-0.25, -0.2) is 9.99 Å². The summed E-state index contributed by atoms with van der Waals surface area (Å²) in [6.07, 6.45) is 3.84. The molecule has 38 heavy (non-hydrogen) atoms. The molecule has 0 bridgehead atoms. The highest BCUT2D eigenvalue weighted by molar-refractivity contribution is 7.85. The Labute approximate surface area is 232 Å². The van der Waals surface area contributed by atoms with Crippen LogP contribution in [0.15, 0.2) is 88.9 Å². The van der Waals surface area contributed by atoms with Gasteiger partial charge < -0.3 is 0 Å². The van der Waals surface area contributed by atoms with E-state index in [-0.39, 0.29) is 17.2 Å². The van der Waals surface area contributed by atoms with Gasteiger partial charge in [0.1, 0.15) is 0 Å². The van der Waals surface area contributed by atoms with Crippen molar-refractivity contribution in [1.29, 1.82) is 0 Å². The fraction of sp³-hybridized carbons (Fsp3) is 0.115. The van der Waals surface area contributed by atoms with Crippen LogP contribution in [0.25, 0.3) is 16.3 Å². The third-order valence-electron chi connectivity index (χ3n) is 6.46. The van der Waals surface area contributed by atoms with Crippen molar-refractivity contribution in [3.05, 3.63) is 89.5 Å². The number of carbonyl (C=O) groups excluding carboxylic acids is 1. The maximum atomic E-state index is 13.2. The van der Waals surface area contributed by atoms with Crippen LogP contribution in [0.3, 0.4) is 0 Å². The van der Waals surface area contributed by atoms with Gasteiger partial charge in [0, 0.05) is 11.4 Å². The van der Waals surface area contributed by atoms with Gasteiger partial charge in [0.15, 0.2) is 16.2 Å². The number of halogens is 2. The number of para-hydroxylation sites is 1. The van der Waals surface area contributed by atoms with Crippen LogP contribution < -0.4 is 9.91 Å². The van der Waals surface area contributed by atoms with Gasteiger partial charge in [-0.3, -0.25) is 14.2 Å². The zero-order valence-corrected chi connectivity index (χ0v) is 22.5. The Morgan fingerprint density at radius 1 is 1.05 bits per heavy atom.